The molecule has 8 heteroatoms. The maximum atomic E-state index is 11.7. The second kappa shape index (κ2) is 3.48. The Morgan fingerprint density at radius 2 is 2.21 bits per heavy atom. The lowest BCUT2D eigenvalue weighted by Gasteiger charge is -1.99. The van der Waals surface area contributed by atoms with Crippen LogP contribution in [0.3, 0.4) is 0 Å². The van der Waals surface area contributed by atoms with Crippen LogP contribution < -0.4 is 5.73 Å². The van der Waals surface area contributed by atoms with Gasteiger partial charge in [-0.25, -0.2) is 0 Å². The Bertz CT molecular complexity index is 354. The molecule has 0 aliphatic carbocycles. The summed E-state index contributed by atoms with van der Waals surface area (Å²) in [6.07, 6.45) is -3.67. The fourth-order valence-electron chi connectivity index (χ4n) is 0.633. The Morgan fingerprint density at radius 1 is 1.57 bits per heavy atom. The summed E-state index contributed by atoms with van der Waals surface area (Å²) in [5, 5.41) is 5.77. The molecule has 3 N–H and O–H groups in total. The van der Waals surface area contributed by atoms with E-state index < -0.39 is 17.9 Å². The third-order valence-electron chi connectivity index (χ3n) is 1.23. The Hall–Kier alpha value is -1.86. The van der Waals surface area contributed by atoms with Crippen molar-refractivity contribution in [3.8, 4) is 0 Å². The Morgan fingerprint density at radius 3 is 2.64 bits per heavy atom. The molecule has 0 atom stereocenters. The maximum Gasteiger partial charge on any atom is 0.473 e. The molecule has 0 fully saturated rings. The zero-order chi connectivity index (χ0) is 10.8. The number of aliphatic imine (C=N–C) groups is 1. The number of nitrogens with zero attached hydrogens (tertiary/aromatic N) is 2. The molecule has 0 aromatic carbocycles. The third-order valence-corrected chi connectivity index (χ3v) is 1.23. The van der Waals surface area contributed by atoms with Gasteiger partial charge in [0.25, 0.3) is 0 Å². The number of rotatable bonds is 1. The van der Waals surface area contributed by atoms with Crippen molar-refractivity contribution in [2.75, 3.05) is 0 Å². The molecule has 0 aliphatic heterocycles. The van der Waals surface area contributed by atoms with Gasteiger partial charge in [0.2, 0.25) is 0 Å². The summed E-state index contributed by atoms with van der Waals surface area (Å²) < 4.78 is 35.1. The normalized spacial score (nSPS) is 12.9. The van der Waals surface area contributed by atoms with Gasteiger partial charge in [0, 0.05) is 6.20 Å². The molecule has 0 saturated carbocycles. The minimum atomic E-state index is -5.01. The molecule has 14 heavy (non-hydrogen) atoms. The quantitative estimate of drug-likeness (QED) is 0.508. The topological polar surface area (TPSA) is 84.1 Å². The first kappa shape index (κ1) is 10.2. The van der Waals surface area contributed by atoms with Crippen LogP contribution in [0.1, 0.15) is 5.69 Å². The maximum absolute atomic E-state index is 11.7. The summed E-state index contributed by atoms with van der Waals surface area (Å²) in [5.41, 5.74) is 5.07. The molecule has 0 unspecified atom stereocenters. The van der Waals surface area contributed by atoms with Gasteiger partial charge in [-0.05, 0) is 6.07 Å². The largest absolute Gasteiger partial charge is 0.473 e. The molecule has 5 nitrogen and oxygen atoms in total. The number of aromatic nitrogens is 2. The molecule has 0 saturated heterocycles. The van der Waals surface area contributed by atoms with Crippen LogP contribution in [0.25, 0.3) is 0 Å². The van der Waals surface area contributed by atoms with E-state index >= 15 is 0 Å². The average molecular weight is 206 g/mol. The molecule has 0 spiro atoms. The third kappa shape index (κ3) is 2.31. The van der Waals surface area contributed by atoms with Gasteiger partial charge in [0.15, 0.2) is 5.84 Å². The van der Waals surface area contributed by atoms with Gasteiger partial charge >= 0.3 is 12.1 Å². The number of carbonyl (C=O) groups is 1. The zero-order valence-electron chi connectivity index (χ0n) is 6.67. The van der Waals surface area contributed by atoms with Gasteiger partial charge in [-0.15, -0.1) is 0 Å². The second-order valence-corrected chi connectivity index (χ2v) is 2.26. The van der Waals surface area contributed by atoms with Crippen molar-refractivity contribution >= 4 is 11.7 Å². The van der Waals surface area contributed by atoms with Crippen molar-refractivity contribution in [1.82, 2.24) is 10.2 Å². The van der Waals surface area contributed by atoms with Gasteiger partial charge in [-0.1, -0.05) is 0 Å². The number of hydrogen-bond acceptors (Lipinski definition) is 2. The van der Waals surface area contributed by atoms with Crippen molar-refractivity contribution in [3.05, 3.63) is 18.0 Å². The molecule has 0 aliphatic rings. The Labute approximate surface area is 75.8 Å². The molecule has 1 rings (SSSR count). The number of nitrogens with two attached hydrogens (primary N) is 1. The van der Waals surface area contributed by atoms with E-state index in [0.717, 1.165) is 0 Å². The summed E-state index contributed by atoms with van der Waals surface area (Å²) in [4.78, 5) is 13.0. The van der Waals surface area contributed by atoms with Crippen molar-refractivity contribution in [2.24, 2.45) is 10.7 Å². The molecule has 1 amide bonds. The van der Waals surface area contributed by atoms with Crippen LogP contribution in [0, 0.1) is 0 Å². The summed E-state index contributed by atoms with van der Waals surface area (Å²) in [5.74, 6) is -2.83. The molecule has 1 aromatic rings. The molecule has 0 bridgehead atoms. The highest BCUT2D eigenvalue weighted by Gasteiger charge is 2.38. The number of amides is 1. The fourth-order valence-corrected chi connectivity index (χ4v) is 0.633. The van der Waals surface area contributed by atoms with E-state index in [-0.39, 0.29) is 5.69 Å². The predicted molar refractivity (Wildman–Crippen MR) is 40.4 cm³/mol. The Kier molecular flexibility index (Phi) is 2.54. The van der Waals surface area contributed by atoms with Crippen LogP contribution >= 0.6 is 0 Å². The van der Waals surface area contributed by atoms with Crippen LogP contribution in [0.5, 0.6) is 0 Å². The summed E-state index contributed by atoms with van der Waals surface area (Å²) in [6.45, 7) is 0. The molecule has 1 aromatic heterocycles. The Balaban J connectivity index is 2.85. The summed E-state index contributed by atoms with van der Waals surface area (Å²) in [6, 6.07) is 1.29. The number of carbonyl (C=O) groups excluding carboxylic acids is 1. The second-order valence-electron chi connectivity index (χ2n) is 2.26. The number of aromatic amines is 1. The fraction of sp³-hybridized carbons (Fsp3) is 0.167. The number of amidine groups is 1. The van der Waals surface area contributed by atoms with Crippen LogP contribution in [0.4, 0.5) is 13.2 Å². The van der Waals surface area contributed by atoms with Crippen LogP contribution in [0.15, 0.2) is 17.3 Å². The van der Waals surface area contributed by atoms with Gasteiger partial charge in [0.1, 0.15) is 5.69 Å². The highest BCUT2D eigenvalue weighted by Crippen LogP contribution is 2.16. The van der Waals surface area contributed by atoms with E-state index in [2.05, 4.69) is 15.2 Å². The first-order chi connectivity index (χ1) is 6.41. The first-order valence-electron chi connectivity index (χ1n) is 3.36. The van der Waals surface area contributed by atoms with E-state index in [1.807, 2.05) is 0 Å². The zero-order valence-corrected chi connectivity index (χ0v) is 6.67. The van der Waals surface area contributed by atoms with Crippen molar-refractivity contribution in [2.45, 2.75) is 6.18 Å². The van der Waals surface area contributed by atoms with E-state index in [1.165, 1.54) is 12.3 Å². The number of nitrogens with one attached hydrogen (secondary N) is 1. The summed E-state index contributed by atoms with van der Waals surface area (Å²) in [7, 11) is 0. The monoisotopic (exact) mass is 206 g/mol. The van der Waals surface area contributed by atoms with Gasteiger partial charge in [-0.2, -0.15) is 23.3 Å². The number of hydrogen-bond donors (Lipinski definition) is 2. The first-order valence-corrected chi connectivity index (χ1v) is 3.36. The lowest BCUT2D eigenvalue weighted by Crippen LogP contribution is -2.25. The molecular formula is C6H5F3N4O. The molecule has 0 radical (unpaired) electrons. The van der Waals surface area contributed by atoms with Crippen LogP contribution in [0.2, 0.25) is 0 Å². The average Bonchev–Trinajstić information content (AvgIpc) is 2.53. The number of H-pyrrole nitrogens is 1. The minimum Gasteiger partial charge on any atom is -0.382 e. The lowest BCUT2D eigenvalue weighted by atomic mass is 10.4. The number of alkyl halides is 3. The standard InChI is InChI=1S/C6H5F3N4O/c7-6(8,9)5(14)12-4(10)3-1-2-11-13-3/h1-2H,(H,11,13)(H2,10,12,14). The molecular weight excluding hydrogens is 201 g/mol. The van der Waals surface area contributed by atoms with Gasteiger partial charge in [0.05, 0.1) is 0 Å². The van der Waals surface area contributed by atoms with Gasteiger partial charge < -0.3 is 5.73 Å². The highest BCUT2D eigenvalue weighted by atomic mass is 19.4. The predicted octanol–water partition coefficient (Wildman–Crippen LogP) is 0.204. The van der Waals surface area contributed by atoms with Crippen molar-refractivity contribution in [3.63, 3.8) is 0 Å². The van der Waals surface area contributed by atoms with Crippen molar-refractivity contribution in [1.29, 1.82) is 0 Å². The SMILES string of the molecule is NC(=NC(=O)C(F)(F)F)c1cc[nH]n1. The molecule has 1 heterocycles. The van der Waals surface area contributed by atoms with E-state index in [4.69, 9.17) is 5.73 Å². The van der Waals surface area contributed by atoms with Crippen LogP contribution in [-0.4, -0.2) is 28.1 Å². The van der Waals surface area contributed by atoms with E-state index in [0.29, 0.717) is 0 Å². The molecule has 76 valence electrons. The van der Waals surface area contributed by atoms with Crippen molar-refractivity contribution < 1.29 is 18.0 Å². The van der Waals surface area contributed by atoms with E-state index in [9.17, 15) is 18.0 Å². The van der Waals surface area contributed by atoms with Crippen LogP contribution in [-0.2, 0) is 4.79 Å². The smallest absolute Gasteiger partial charge is 0.382 e. The number of halogens is 3. The minimum absolute atomic E-state index is 0.0115. The van der Waals surface area contributed by atoms with Gasteiger partial charge in [-0.3, -0.25) is 9.89 Å². The highest BCUT2D eigenvalue weighted by molar-refractivity contribution is 6.03. The summed E-state index contributed by atoms with van der Waals surface area (Å²) >= 11 is 0. The lowest BCUT2D eigenvalue weighted by molar-refractivity contribution is -0.169. The van der Waals surface area contributed by atoms with E-state index in [1.54, 1.807) is 0 Å².